The molecular weight excluding hydrogens is 305 g/mol. The van der Waals surface area contributed by atoms with Crippen LogP contribution in [-0.2, 0) is 6.18 Å². The third kappa shape index (κ3) is 3.91. The molecular formula is C17H23F3N2O. The minimum Gasteiger partial charge on any atom is -0.488 e. The first kappa shape index (κ1) is 16.4. The lowest BCUT2D eigenvalue weighted by Gasteiger charge is -2.31. The number of halogens is 3. The normalized spacial score (nSPS) is 21.0. The van der Waals surface area contributed by atoms with Gasteiger partial charge in [-0.2, -0.15) is 13.2 Å². The molecule has 0 bridgehead atoms. The zero-order valence-electron chi connectivity index (χ0n) is 13.4. The third-order valence-electron chi connectivity index (χ3n) is 4.69. The van der Waals surface area contributed by atoms with Crippen molar-refractivity contribution in [2.45, 2.75) is 38.0 Å². The highest BCUT2D eigenvalue weighted by atomic mass is 19.4. The molecule has 0 amide bonds. The first-order chi connectivity index (χ1) is 10.9. The van der Waals surface area contributed by atoms with E-state index in [4.69, 9.17) is 4.74 Å². The molecule has 6 heteroatoms. The lowest BCUT2D eigenvalue weighted by Crippen LogP contribution is -2.36. The van der Waals surface area contributed by atoms with Gasteiger partial charge in [-0.1, -0.05) is 0 Å². The van der Waals surface area contributed by atoms with Gasteiger partial charge in [0.25, 0.3) is 0 Å². The smallest absolute Gasteiger partial charge is 0.416 e. The van der Waals surface area contributed by atoms with Crippen LogP contribution in [0.15, 0.2) is 18.2 Å². The number of benzene rings is 1. The Morgan fingerprint density at radius 1 is 1.04 bits per heavy atom. The number of rotatable bonds is 3. The predicted molar refractivity (Wildman–Crippen MR) is 84.0 cm³/mol. The van der Waals surface area contributed by atoms with Crippen LogP contribution in [0.1, 0.15) is 31.2 Å². The zero-order chi connectivity index (χ0) is 16.4. The topological polar surface area (TPSA) is 15.7 Å². The van der Waals surface area contributed by atoms with Crippen molar-refractivity contribution in [2.24, 2.45) is 0 Å². The van der Waals surface area contributed by atoms with Gasteiger partial charge in [0, 0.05) is 26.2 Å². The van der Waals surface area contributed by atoms with Gasteiger partial charge in [-0.15, -0.1) is 0 Å². The monoisotopic (exact) mass is 328 g/mol. The Morgan fingerprint density at radius 2 is 1.70 bits per heavy atom. The molecule has 1 aromatic rings. The highest BCUT2D eigenvalue weighted by Crippen LogP contribution is 2.38. The second kappa shape index (κ2) is 6.59. The van der Waals surface area contributed by atoms with Crippen LogP contribution in [0.25, 0.3) is 0 Å². The van der Waals surface area contributed by atoms with E-state index in [1.54, 1.807) is 0 Å². The van der Waals surface area contributed by atoms with Crippen molar-refractivity contribution in [3.05, 3.63) is 23.8 Å². The third-order valence-corrected chi connectivity index (χ3v) is 4.69. The summed E-state index contributed by atoms with van der Waals surface area (Å²) in [7, 11) is 2.07. The van der Waals surface area contributed by atoms with E-state index in [9.17, 15) is 13.2 Å². The van der Waals surface area contributed by atoms with Gasteiger partial charge >= 0.3 is 6.18 Å². The Hall–Kier alpha value is -1.43. The summed E-state index contributed by atoms with van der Waals surface area (Å²) in [5, 5.41) is 0. The molecule has 0 saturated carbocycles. The molecule has 128 valence electrons. The molecule has 2 fully saturated rings. The van der Waals surface area contributed by atoms with Crippen LogP contribution in [0.5, 0.6) is 5.75 Å². The number of piperidine rings is 1. The predicted octanol–water partition coefficient (Wildman–Crippen LogP) is 3.78. The van der Waals surface area contributed by atoms with Gasteiger partial charge in [0.1, 0.15) is 11.9 Å². The SMILES string of the molecule is CN1CCC(Oc2ccc(C(F)(F)F)cc2N2CCCC2)CC1. The van der Waals surface area contributed by atoms with Crippen molar-refractivity contribution in [3.63, 3.8) is 0 Å². The molecule has 3 nitrogen and oxygen atoms in total. The van der Waals surface area contributed by atoms with E-state index in [1.807, 2.05) is 4.90 Å². The Kier molecular flexibility index (Phi) is 4.71. The van der Waals surface area contributed by atoms with Crippen molar-refractivity contribution in [2.75, 3.05) is 38.1 Å². The van der Waals surface area contributed by atoms with Crippen LogP contribution < -0.4 is 9.64 Å². The molecule has 23 heavy (non-hydrogen) atoms. The molecule has 0 N–H and O–H groups in total. The van der Waals surface area contributed by atoms with E-state index >= 15 is 0 Å². The summed E-state index contributed by atoms with van der Waals surface area (Å²) >= 11 is 0. The van der Waals surface area contributed by atoms with Crippen LogP contribution in [-0.4, -0.2) is 44.2 Å². The second-order valence-electron chi connectivity index (χ2n) is 6.49. The molecule has 2 heterocycles. The lowest BCUT2D eigenvalue weighted by molar-refractivity contribution is -0.137. The van der Waals surface area contributed by atoms with Crippen molar-refractivity contribution in [3.8, 4) is 5.75 Å². The minimum atomic E-state index is -4.32. The summed E-state index contributed by atoms with van der Waals surface area (Å²) in [6.45, 7) is 3.52. The van der Waals surface area contributed by atoms with Gasteiger partial charge in [0.05, 0.1) is 11.3 Å². The standard InChI is InChI=1S/C17H23F3N2O/c1-21-10-6-14(7-11-21)23-16-5-4-13(17(18,19)20)12-15(16)22-8-2-3-9-22/h4-5,12,14H,2-3,6-11H2,1H3. The quantitative estimate of drug-likeness (QED) is 0.840. The number of alkyl halides is 3. The van der Waals surface area contributed by atoms with Crippen LogP contribution in [0.2, 0.25) is 0 Å². The Bertz CT molecular complexity index is 533. The van der Waals surface area contributed by atoms with Crippen LogP contribution in [0, 0.1) is 0 Å². The summed E-state index contributed by atoms with van der Waals surface area (Å²) in [6.07, 6.45) is -0.369. The number of hydrogen-bond acceptors (Lipinski definition) is 3. The molecule has 0 unspecified atom stereocenters. The molecule has 2 aliphatic rings. The second-order valence-corrected chi connectivity index (χ2v) is 6.49. The fraction of sp³-hybridized carbons (Fsp3) is 0.647. The van der Waals surface area contributed by atoms with E-state index in [0.717, 1.165) is 57.9 Å². The van der Waals surface area contributed by atoms with Gasteiger partial charge in [-0.25, -0.2) is 0 Å². The van der Waals surface area contributed by atoms with Crippen molar-refractivity contribution >= 4 is 5.69 Å². The molecule has 1 aromatic carbocycles. The fourth-order valence-corrected chi connectivity index (χ4v) is 3.28. The Morgan fingerprint density at radius 3 is 2.30 bits per heavy atom. The number of nitrogens with zero attached hydrogens (tertiary/aromatic N) is 2. The molecule has 0 radical (unpaired) electrons. The average Bonchev–Trinajstić information content (AvgIpc) is 3.03. The lowest BCUT2D eigenvalue weighted by atomic mass is 10.1. The minimum absolute atomic E-state index is 0.0873. The molecule has 2 saturated heterocycles. The van der Waals surface area contributed by atoms with Crippen LogP contribution >= 0.6 is 0 Å². The molecule has 2 aliphatic heterocycles. The number of likely N-dealkylation sites (tertiary alicyclic amines) is 1. The summed E-state index contributed by atoms with van der Waals surface area (Å²) in [4.78, 5) is 4.26. The summed E-state index contributed by atoms with van der Waals surface area (Å²) in [5.74, 6) is 0.592. The summed E-state index contributed by atoms with van der Waals surface area (Å²) < 4.78 is 45.1. The summed E-state index contributed by atoms with van der Waals surface area (Å²) in [6, 6.07) is 3.87. The number of hydrogen-bond donors (Lipinski definition) is 0. The molecule has 0 aromatic heterocycles. The molecule has 3 rings (SSSR count). The summed E-state index contributed by atoms with van der Waals surface area (Å²) in [5.41, 5.74) is -0.00798. The fourth-order valence-electron chi connectivity index (χ4n) is 3.28. The van der Waals surface area contributed by atoms with Crippen molar-refractivity contribution in [1.82, 2.24) is 4.90 Å². The molecule has 0 spiro atoms. The van der Waals surface area contributed by atoms with Gasteiger partial charge in [-0.3, -0.25) is 0 Å². The van der Waals surface area contributed by atoms with Gasteiger partial charge < -0.3 is 14.5 Å². The van der Waals surface area contributed by atoms with E-state index < -0.39 is 11.7 Å². The molecule has 0 aliphatic carbocycles. The maximum absolute atomic E-state index is 13.0. The number of anilines is 1. The van der Waals surface area contributed by atoms with E-state index in [0.29, 0.717) is 11.4 Å². The van der Waals surface area contributed by atoms with Crippen LogP contribution in [0.3, 0.4) is 0 Å². The van der Waals surface area contributed by atoms with Crippen LogP contribution in [0.4, 0.5) is 18.9 Å². The van der Waals surface area contributed by atoms with E-state index in [1.165, 1.54) is 12.1 Å². The first-order valence-electron chi connectivity index (χ1n) is 8.25. The van der Waals surface area contributed by atoms with Crippen molar-refractivity contribution < 1.29 is 17.9 Å². The average molecular weight is 328 g/mol. The molecule has 0 atom stereocenters. The van der Waals surface area contributed by atoms with Gasteiger partial charge in [0.2, 0.25) is 0 Å². The largest absolute Gasteiger partial charge is 0.488 e. The van der Waals surface area contributed by atoms with Gasteiger partial charge in [-0.05, 0) is 50.9 Å². The van der Waals surface area contributed by atoms with E-state index in [2.05, 4.69) is 11.9 Å². The van der Waals surface area contributed by atoms with Gasteiger partial charge in [0.15, 0.2) is 0 Å². The zero-order valence-corrected chi connectivity index (χ0v) is 13.4. The van der Waals surface area contributed by atoms with E-state index in [-0.39, 0.29) is 6.10 Å². The highest BCUT2D eigenvalue weighted by molar-refractivity contribution is 5.61. The Balaban J connectivity index is 1.83. The van der Waals surface area contributed by atoms with Crippen molar-refractivity contribution in [1.29, 1.82) is 0 Å². The highest BCUT2D eigenvalue weighted by Gasteiger charge is 2.32. The maximum atomic E-state index is 13.0. The maximum Gasteiger partial charge on any atom is 0.416 e. The number of ether oxygens (including phenoxy) is 1. The Labute approximate surface area is 135 Å². The first-order valence-corrected chi connectivity index (χ1v) is 8.25.